The molecule has 1 atom stereocenters. The van der Waals surface area contributed by atoms with E-state index in [4.69, 9.17) is 16.0 Å². The van der Waals surface area contributed by atoms with Crippen LogP contribution in [0.15, 0.2) is 34.9 Å². The van der Waals surface area contributed by atoms with Gasteiger partial charge in [0.2, 0.25) is 5.82 Å². The molecule has 3 aromatic heterocycles. The predicted molar refractivity (Wildman–Crippen MR) is 73.9 cm³/mol. The highest BCUT2D eigenvalue weighted by Crippen LogP contribution is 2.25. The van der Waals surface area contributed by atoms with E-state index in [1.165, 1.54) is 22.4 Å². The number of ketones is 1. The van der Waals surface area contributed by atoms with Gasteiger partial charge in [0.1, 0.15) is 6.04 Å². The molecular weight excluding hydrogens is 300 g/mol. The van der Waals surface area contributed by atoms with Crippen LogP contribution in [-0.2, 0) is 0 Å². The lowest BCUT2D eigenvalue weighted by molar-refractivity contribution is 0.0922. The normalized spacial score (nSPS) is 12.5. The minimum atomic E-state index is -0.555. The number of carbonyl (C=O) groups is 1. The molecule has 0 N–H and O–H groups in total. The van der Waals surface area contributed by atoms with E-state index < -0.39 is 6.04 Å². The van der Waals surface area contributed by atoms with Crippen LogP contribution < -0.4 is 0 Å². The Kier molecular flexibility index (Phi) is 3.37. The van der Waals surface area contributed by atoms with E-state index in [-0.39, 0.29) is 5.78 Å². The van der Waals surface area contributed by atoms with E-state index >= 15 is 0 Å². The Morgan fingerprint density at radius 2 is 2.30 bits per heavy atom. The molecule has 3 heterocycles. The second kappa shape index (κ2) is 5.18. The van der Waals surface area contributed by atoms with Crippen LogP contribution in [0.3, 0.4) is 0 Å². The molecule has 6 nitrogen and oxygen atoms in total. The van der Waals surface area contributed by atoms with Gasteiger partial charge in [-0.2, -0.15) is 4.80 Å². The lowest BCUT2D eigenvalue weighted by Gasteiger charge is -2.06. The predicted octanol–water partition coefficient (Wildman–Crippen LogP) is 3.09. The van der Waals surface area contributed by atoms with Crippen LogP contribution in [0.5, 0.6) is 0 Å². The van der Waals surface area contributed by atoms with Crippen LogP contribution in [0.1, 0.15) is 22.6 Å². The number of nitrogens with zero attached hydrogens (tertiary/aromatic N) is 4. The Balaban J connectivity index is 1.84. The summed E-state index contributed by atoms with van der Waals surface area (Å²) in [6.45, 7) is 1.71. The number of thiophene rings is 1. The van der Waals surface area contributed by atoms with Gasteiger partial charge < -0.3 is 4.42 Å². The molecule has 0 aromatic carbocycles. The number of aromatic nitrogens is 4. The number of tetrazole rings is 1. The molecule has 0 aliphatic rings. The van der Waals surface area contributed by atoms with Gasteiger partial charge in [0, 0.05) is 0 Å². The molecule has 3 rings (SSSR count). The molecule has 0 aliphatic heterocycles. The third-order valence-corrected chi connectivity index (χ3v) is 3.96. The second-order valence-corrected chi connectivity index (χ2v) is 5.77. The average Bonchev–Trinajstić information content (AvgIpc) is 3.17. The van der Waals surface area contributed by atoms with Crippen molar-refractivity contribution in [3.63, 3.8) is 0 Å². The number of carbonyl (C=O) groups excluding carboxylic acids is 1. The van der Waals surface area contributed by atoms with E-state index in [2.05, 4.69) is 15.4 Å². The maximum Gasteiger partial charge on any atom is 0.240 e. The van der Waals surface area contributed by atoms with E-state index in [0.29, 0.717) is 20.8 Å². The number of Topliss-reactive ketones (excluding diaryl/α,β-unsaturated/α-hetero) is 1. The third kappa shape index (κ3) is 2.37. The van der Waals surface area contributed by atoms with Crippen molar-refractivity contribution in [1.29, 1.82) is 0 Å². The van der Waals surface area contributed by atoms with Crippen LogP contribution in [0.25, 0.3) is 11.6 Å². The van der Waals surface area contributed by atoms with Crippen molar-refractivity contribution < 1.29 is 9.21 Å². The van der Waals surface area contributed by atoms with Gasteiger partial charge in [0.25, 0.3) is 0 Å². The molecule has 102 valence electrons. The summed E-state index contributed by atoms with van der Waals surface area (Å²) in [6.07, 6.45) is 1.53. The zero-order valence-corrected chi connectivity index (χ0v) is 11.9. The van der Waals surface area contributed by atoms with Gasteiger partial charge in [-0.3, -0.25) is 4.79 Å². The molecule has 0 radical (unpaired) electrons. The van der Waals surface area contributed by atoms with Crippen LogP contribution in [-0.4, -0.2) is 26.0 Å². The van der Waals surface area contributed by atoms with Crippen molar-refractivity contribution in [2.75, 3.05) is 0 Å². The first-order valence-corrected chi connectivity index (χ1v) is 6.97. The van der Waals surface area contributed by atoms with Gasteiger partial charge in [-0.05, 0) is 36.4 Å². The fourth-order valence-corrected chi connectivity index (χ4v) is 2.72. The Morgan fingerprint density at radius 1 is 1.45 bits per heavy atom. The number of hydrogen-bond acceptors (Lipinski definition) is 6. The van der Waals surface area contributed by atoms with E-state index in [9.17, 15) is 4.79 Å². The highest BCUT2D eigenvalue weighted by molar-refractivity contribution is 7.18. The smallest absolute Gasteiger partial charge is 0.240 e. The zero-order valence-electron chi connectivity index (χ0n) is 10.4. The number of rotatable bonds is 4. The van der Waals surface area contributed by atoms with Gasteiger partial charge >= 0.3 is 0 Å². The Bertz CT molecular complexity index is 734. The van der Waals surface area contributed by atoms with Crippen LogP contribution >= 0.6 is 22.9 Å². The minimum Gasteiger partial charge on any atom is -0.461 e. The third-order valence-electron chi connectivity index (χ3n) is 2.71. The van der Waals surface area contributed by atoms with Gasteiger partial charge in [-0.25, -0.2) is 0 Å². The van der Waals surface area contributed by atoms with Crippen molar-refractivity contribution in [3.05, 3.63) is 39.7 Å². The largest absolute Gasteiger partial charge is 0.461 e. The number of halogens is 1. The lowest BCUT2D eigenvalue weighted by atomic mass is 10.2. The molecule has 0 spiro atoms. The maximum atomic E-state index is 12.3. The SMILES string of the molecule is CC(C(=O)c1ccc(Cl)s1)n1nnc(-c2ccco2)n1. The molecule has 1 unspecified atom stereocenters. The van der Waals surface area contributed by atoms with Crippen molar-refractivity contribution >= 4 is 28.7 Å². The highest BCUT2D eigenvalue weighted by Gasteiger charge is 2.22. The van der Waals surface area contributed by atoms with Crippen LogP contribution in [0.4, 0.5) is 0 Å². The molecule has 0 aliphatic carbocycles. The molecule has 0 bridgehead atoms. The Morgan fingerprint density at radius 3 is 2.95 bits per heavy atom. The summed E-state index contributed by atoms with van der Waals surface area (Å²) < 4.78 is 5.75. The first-order chi connectivity index (χ1) is 9.65. The topological polar surface area (TPSA) is 73.8 Å². The summed E-state index contributed by atoms with van der Waals surface area (Å²) in [5.74, 6) is 0.749. The number of hydrogen-bond donors (Lipinski definition) is 0. The summed E-state index contributed by atoms with van der Waals surface area (Å²) in [5, 5.41) is 11.9. The highest BCUT2D eigenvalue weighted by atomic mass is 35.5. The van der Waals surface area contributed by atoms with E-state index in [1.54, 1.807) is 31.2 Å². The average molecular weight is 309 g/mol. The fourth-order valence-electron chi connectivity index (χ4n) is 1.65. The lowest BCUT2D eigenvalue weighted by Crippen LogP contribution is -2.18. The quantitative estimate of drug-likeness (QED) is 0.692. The summed E-state index contributed by atoms with van der Waals surface area (Å²) >= 11 is 7.06. The van der Waals surface area contributed by atoms with E-state index in [1.807, 2.05) is 0 Å². The van der Waals surface area contributed by atoms with Gasteiger partial charge in [0.15, 0.2) is 11.5 Å². The maximum absolute atomic E-state index is 12.3. The van der Waals surface area contributed by atoms with Gasteiger partial charge in [0.05, 0.1) is 15.5 Å². The zero-order chi connectivity index (χ0) is 14.1. The minimum absolute atomic E-state index is 0.106. The molecule has 20 heavy (non-hydrogen) atoms. The van der Waals surface area contributed by atoms with Crippen LogP contribution in [0.2, 0.25) is 4.34 Å². The standard InChI is InChI=1S/C12H9ClN4O2S/c1-7(11(18)9-4-5-10(13)20-9)17-15-12(14-16-17)8-3-2-6-19-8/h2-7H,1H3. The molecule has 0 amide bonds. The summed E-state index contributed by atoms with van der Waals surface area (Å²) in [6, 6.07) is 6.29. The number of furan rings is 1. The van der Waals surface area contributed by atoms with Gasteiger partial charge in [-0.15, -0.1) is 21.5 Å². The van der Waals surface area contributed by atoms with Crippen molar-refractivity contribution in [3.8, 4) is 11.6 Å². The molecule has 3 aromatic rings. The Labute approximate surface area is 123 Å². The molecule has 0 fully saturated rings. The van der Waals surface area contributed by atoms with Gasteiger partial charge in [-0.1, -0.05) is 11.6 Å². The van der Waals surface area contributed by atoms with Crippen molar-refractivity contribution in [2.24, 2.45) is 0 Å². The van der Waals surface area contributed by atoms with Crippen molar-refractivity contribution in [1.82, 2.24) is 20.2 Å². The molecule has 0 saturated heterocycles. The molecule has 0 saturated carbocycles. The summed E-state index contributed by atoms with van der Waals surface area (Å²) in [4.78, 5) is 14.1. The first-order valence-electron chi connectivity index (χ1n) is 5.78. The fraction of sp³-hybridized carbons (Fsp3) is 0.167. The Hall–Kier alpha value is -1.99. The summed E-state index contributed by atoms with van der Waals surface area (Å²) in [5.41, 5.74) is 0. The molecular formula is C12H9ClN4O2S. The summed E-state index contributed by atoms with van der Waals surface area (Å²) in [7, 11) is 0. The second-order valence-electron chi connectivity index (χ2n) is 4.05. The first kappa shape index (κ1) is 13.0. The van der Waals surface area contributed by atoms with Crippen molar-refractivity contribution in [2.45, 2.75) is 13.0 Å². The molecule has 8 heteroatoms. The monoisotopic (exact) mass is 308 g/mol. The van der Waals surface area contributed by atoms with Crippen LogP contribution in [0, 0.1) is 0 Å². The van der Waals surface area contributed by atoms with E-state index in [0.717, 1.165) is 0 Å².